The van der Waals surface area contributed by atoms with Gasteiger partial charge in [0.1, 0.15) is 6.33 Å². The predicted molar refractivity (Wildman–Crippen MR) is 120 cm³/mol. The van der Waals surface area contributed by atoms with Crippen molar-refractivity contribution >= 4 is 23.6 Å². The molecule has 1 aliphatic carbocycles. The Bertz CT molecular complexity index is 1120. The van der Waals surface area contributed by atoms with Gasteiger partial charge in [-0.1, -0.05) is 49.2 Å². The number of nitrogens with zero attached hydrogens (tertiary/aromatic N) is 5. The molecule has 1 atom stereocenters. The number of amides is 2. The maximum atomic E-state index is 13.5. The topological polar surface area (TPSA) is 93.0 Å². The lowest BCUT2D eigenvalue weighted by Gasteiger charge is -2.49. The molecule has 2 aliphatic rings. The summed E-state index contributed by atoms with van der Waals surface area (Å²) >= 11 is 0. The first kappa shape index (κ1) is 20.1. The minimum Gasteiger partial charge on any atom is -0.351 e. The fourth-order valence-corrected chi connectivity index (χ4v) is 4.50. The molecule has 2 heterocycles. The van der Waals surface area contributed by atoms with Crippen LogP contribution in [0.2, 0.25) is 0 Å². The van der Waals surface area contributed by atoms with E-state index < -0.39 is 5.54 Å². The van der Waals surface area contributed by atoms with Gasteiger partial charge in [-0.3, -0.25) is 14.5 Å². The molecule has 2 fully saturated rings. The summed E-state index contributed by atoms with van der Waals surface area (Å²) in [6, 6.07) is 17.3. The van der Waals surface area contributed by atoms with Gasteiger partial charge in [0.25, 0.3) is 5.91 Å². The molecule has 8 nitrogen and oxygen atoms in total. The number of aromatic nitrogens is 4. The fourth-order valence-electron chi connectivity index (χ4n) is 4.50. The van der Waals surface area contributed by atoms with Crippen LogP contribution < -0.4 is 10.2 Å². The van der Waals surface area contributed by atoms with E-state index in [4.69, 9.17) is 0 Å². The molecule has 0 spiro atoms. The van der Waals surface area contributed by atoms with Crippen LogP contribution in [0.25, 0.3) is 11.8 Å². The molecule has 1 aliphatic heterocycles. The highest BCUT2D eigenvalue weighted by Gasteiger charge is 2.56. The number of anilines is 1. The van der Waals surface area contributed by atoms with Crippen LogP contribution in [-0.4, -0.2) is 43.6 Å². The van der Waals surface area contributed by atoms with Crippen molar-refractivity contribution in [1.82, 2.24) is 25.5 Å². The first-order valence-electron chi connectivity index (χ1n) is 10.9. The Kier molecular flexibility index (Phi) is 5.26. The van der Waals surface area contributed by atoms with Crippen molar-refractivity contribution in [2.45, 2.75) is 43.7 Å². The lowest BCUT2D eigenvalue weighted by molar-refractivity contribution is -0.137. The van der Waals surface area contributed by atoms with Crippen LogP contribution in [0, 0.1) is 0 Å². The van der Waals surface area contributed by atoms with Crippen molar-refractivity contribution in [1.29, 1.82) is 0 Å². The Labute approximate surface area is 185 Å². The van der Waals surface area contributed by atoms with Crippen LogP contribution in [0.15, 0.2) is 67.0 Å². The zero-order chi connectivity index (χ0) is 22.0. The number of tetrazole rings is 1. The molecule has 0 bridgehead atoms. The van der Waals surface area contributed by atoms with Crippen molar-refractivity contribution in [3.63, 3.8) is 0 Å². The normalized spacial score (nSPS) is 21.1. The number of hydrogen-bond acceptors (Lipinski definition) is 5. The van der Waals surface area contributed by atoms with E-state index >= 15 is 0 Å². The Morgan fingerprint density at radius 1 is 1.03 bits per heavy atom. The van der Waals surface area contributed by atoms with Crippen LogP contribution >= 0.6 is 0 Å². The molecule has 2 aromatic carbocycles. The number of rotatable bonds is 6. The van der Waals surface area contributed by atoms with Crippen molar-refractivity contribution < 1.29 is 9.59 Å². The van der Waals surface area contributed by atoms with Gasteiger partial charge >= 0.3 is 0 Å². The van der Waals surface area contributed by atoms with Crippen molar-refractivity contribution in [2.24, 2.45) is 0 Å². The number of β-lactam (4-membered cyclic amide) rings is 1. The Balaban J connectivity index is 1.47. The maximum absolute atomic E-state index is 13.5. The van der Waals surface area contributed by atoms with Gasteiger partial charge in [-0.15, -0.1) is 5.10 Å². The summed E-state index contributed by atoms with van der Waals surface area (Å²) in [6.07, 6.45) is 9.65. The fraction of sp³-hybridized carbons (Fsp3) is 0.292. The standard InChI is InChI=1S/C24H24N6O2/c31-22-16-24(15-14-18-6-2-1-3-7-18,23(32)26-19-8-4-5-9-19)30(22)21-12-10-20(11-13-21)29-17-25-27-28-29/h1-3,6-7,10-15,17,19H,4-5,8-9,16H2,(H,26,32)/b15-14+. The second kappa shape index (κ2) is 8.37. The molecule has 162 valence electrons. The van der Waals surface area contributed by atoms with Gasteiger partial charge in [-0.2, -0.15) is 0 Å². The molecule has 8 heteroatoms. The zero-order valence-corrected chi connectivity index (χ0v) is 17.6. The number of carbonyl (C=O) groups excluding carboxylic acids is 2. The van der Waals surface area contributed by atoms with E-state index in [0.29, 0.717) is 5.69 Å². The number of carbonyl (C=O) groups is 2. The average molecular weight is 428 g/mol. The van der Waals surface area contributed by atoms with E-state index in [9.17, 15) is 9.59 Å². The van der Waals surface area contributed by atoms with Gasteiger partial charge in [-0.05, 0) is 59.2 Å². The summed E-state index contributed by atoms with van der Waals surface area (Å²) in [6.45, 7) is 0. The van der Waals surface area contributed by atoms with E-state index in [-0.39, 0.29) is 24.3 Å². The van der Waals surface area contributed by atoms with Crippen LogP contribution in [0.4, 0.5) is 5.69 Å². The van der Waals surface area contributed by atoms with E-state index in [1.54, 1.807) is 4.90 Å². The molecule has 0 radical (unpaired) electrons. The zero-order valence-electron chi connectivity index (χ0n) is 17.6. The number of benzene rings is 2. The maximum Gasteiger partial charge on any atom is 0.251 e. The first-order valence-corrected chi connectivity index (χ1v) is 10.9. The highest BCUT2D eigenvalue weighted by atomic mass is 16.2. The molecule has 3 aromatic rings. The van der Waals surface area contributed by atoms with Crippen LogP contribution in [-0.2, 0) is 9.59 Å². The summed E-state index contributed by atoms with van der Waals surface area (Å²) in [7, 11) is 0. The third-order valence-corrected chi connectivity index (χ3v) is 6.23. The molecule has 2 amide bonds. The minimum absolute atomic E-state index is 0.0838. The highest BCUT2D eigenvalue weighted by Crippen LogP contribution is 2.40. The summed E-state index contributed by atoms with van der Waals surface area (Å²) in [5, 5.41) is 14.4. The summed E-state index contributed by atoms with van der Waals surface area (Å²) in [5.74, 6) is -0.208. The molecule has 1 saturated heterocycles. The number of hydrogen-bond donors (Lipinski definition) is 1. The second-order valence-electron chi connectivity index (χ2n) is 8.30. The van der Waals surface area contributed by atoms with E-state index in [0.717, 1.165) is 36.9 Å². The van der Waals surface area contributed by atoms with Crippen LogP contribution in [0.5, 0.6) is 0 Å². The predicted octanol–water partition coefficient (Wildman–Crippen LogP) is 2.91. The van der Waals surface area contributed by atoms with Gasteiger partial charge in [0.2, 0.25) is 5.91 Å². The van der Waals surface area contributed by atoms with Gasteiger partial charge in [0.05, 0.1) is 12.1 Å². The van der Waals surface area contributed by atoms with Crippen molar-refractivity contribution in [3.8, 4) is 5.69 Å². The number of nitrogens with one attached hydrogen (secondary N) is 1. The Morgan fingerprint density at radius 2 is 1.75 bits per heavy atom. The van der Waals surface area contributed by atoms with Gasteiger partial charge in [0, 0.05) is 11.7 Å². The Hall–Kier alpha value is -3.81. The molecule has 1 N–H and O–H groups in total. The lowest BCUT2D eigenvalue weighted by atomic mass is 9.80. The molecule has 1 saturated carbocycles. The van der Waals surface area contributed by atoms with Crippen LogP contribution in [0.3, 0.4) is 0 Å². The summed E-state index contributed by atoms with van der Waals surface area (Å²) < 4.78 is 1.54. The highest BCUT2D eigenvalue weighted by molar-refractivity contribution is 6.15. The van der Waals surface area contributed by atoms with E-state index in [2.05, 4.69) is 20.8 Å². The molecule has 1 unspecified atom stereocenters. The quantitative estimate of drug-likeness (QED) is 0.610. The largest absolute Gasteiger partial charge is 0.351 e. The third-order valence-electron chi connectivity index (χ3n) is 6.23. The second-order valence-corrected chi connectivity index (χ2v) is 8.30. The lowest BCUT2D eigenvalue weighted by Crippen LogP contribution is -2.70. The molecular weight excluding hydrogens is 404 g/mol. The minimum atomic E-state index is -1.05. The molecule has 32 heavy (non-hydrogen) atoms. The summed E-state index contributed by atoms with van der Waals surface area (Å²) in [4.78, 5) is 27.9. The van der Waals surface area contributed by atoms with E-state index in [1.807, 2.05) is 66.7 Å². The third kappa shape index (κ3) is 3.68. The SMILES string of the molecule is O=C1CC(/C=C/c2ccccc2)(C(=O)NC2CCCC2)N1c1ccc(-n2cnnn2)cc1. The molecule has 5 rings (SSSR count). The average Bonchev–Trinajstić information content (AvgIpc) is 3.52. The smallest absolute Gasteiger partial charge is 0.251 e. The van der Waals surface area contributed by atoms with Gasteiger partial charge in [0.15, 0.2) is 5.54 Å². The van der Waals surface area contributed by atoms with Crippen molar-refractivity contribution in [2.75, 3.05) is 4.90 Å². The first-order chi connectivity index (χ1) is 15.7. The summed E-state index contributed by atoms with van der Waals surface area (Å²) in [5.41, 5.74) is 1.37. The Morgan fingerprint density at radius 3 is 2.41 bits per heavy atom. The molecular formula is C24H24N6O2. The monoisotopic (exact) mass is 428 g/mol. The van der Waals surface area contributed by atoms with Crippen LogP contribution in [0.1, 0.15) is 37.7 Å². The molecule has 1 aromatic heterocycles. The van der Waals surface area contributed by atoms with E-state index in [1.165, 1.54) is 11.0 Å². The van der Waals surface area contributed by atoms with Gasteiger partial charge < -0.3 is 5.32 Å². The van der Waals surface area contributed by atoms with Crippen molar-refractivity contribution in [3.05, 3.63) is 72.6 Å². The van der Waals surface area contributed by atoms with Gasteiger partial charge in [-0.25, -0.2) is 4.68 Å².